The number of benzene rings is 1. The quantitative estimate of drug-likeness (QED) is 0.672. The maximum atomic E-state index is 12.5. The molecule has 0 unspecified atom stereocenters. The van der Waals surface area contributed by atoms with E-state index in [-0.39, 0.29) is 5.91 Å². The van der Waals surface area contributed by atoms with Crippen molar-refractivity contribution in [1.82, 2.24) is 9.80 Å². The summed E-state index contributed by atoms with van der Waals surface area (Å²) in [6.07, 6.45) is 5.84. The molecule has 2 heterocycles. The molecule has 1 aromatic carbocycles. The fourth-order valence-corrected chi connectivity index (χ4v) is 3.58. The Hall–Kier alpha value is -2.07. The Labute approximate surface area is 156 Å². The number of amides is 1. The number of fused-ring (bicyclic) bond motifs is 1. The van der Waals surface area contributed by atoms with E-state index in [1.807, 2.05) is 19.0 Å². The summed E-state index contributed by atoms with van der Waals surface area (Å²) >= 11 is 0. The lowest BCUT2D eigenvalue weighted by molar-refractivity contribution is -0.132. The second-order valence-electron chi connectivity index (χ2n) is 7.51. The van der Waals surface area contributed by atoms with Crippen LogP contribution in [0.4, 0.5) is 0 Å². The minimum Gasteiger partial charge on any atom is -0.464 e. The molecule has 0 saturated carbocycles. The van der Waals surface area contributed by atoms with Gasteiger partial charge in [0.1, 0.15) is 11.5 Å². The van der Waals surface area contributed by atoms with Crippen LogP contribution in [0.3, 0.4) is 0 Å². The van der Waals surface area contributed by atoms with Gasteiger partial charge in [-0.3, -0.25) is 4.79 Å². The van der Waals surface area contributed by atoms with Crippen LogP contribution < -0.4 is 0 Å². The third kappa shape index (κ3) is 5.21. The molecule has 26 heavy (non-hydrogen) atoms. The molecule has 0 N–H and O–H groups in total. The third-order valence-electron chi connectivity index (χ3n) is 4.94. The zero-order valence-corrected chi connectivity index (χ0v) is 16.0. The van der Waals surface area contributed by atoms with Crippen LogP contribution in [0.5, 0.6) is 0 Å². The standard InChI is InChI=1S/C22H30N2O2/c1-23(2)17-20-15-19-16-24(14-13-21(19)26-20)22(25)12-8-4-7-11-18-9-5-3-6-10-18/h3,5-6,9-10,15H,4,7-8,11-14,16-17H2,1-2H3. The van der Waals surface area contributed by atoms with Crippen molar-refractivity contribution in [2.45, 2.75) is 51.6 Å². The summed E-state index contributed by atoms with van der Waals surface area (Å²) in [4.78, 5) is 16.6. The molecular weight excluding hydrogens is 324 g/mol. The summed E-state index contributed by atoms with van der Waals surface area (Å²) in [6, 6.07) is 12.7. The van der Waals surface area contributed by atoms with Gasteiger partial charge in [-0.05, 0) is 45.0 Å². The Morgan fingerprint density at radius 1 is 1.15 bits per heavy atom. The summed E-state index contributed by atoms with van der Waals surface area (Å²) < 4.78 is 5.92. The van der Waals surface area contributed by atoms with Gasteiger partial charge in [0.2, 0.25) is 5.91 Å². The number of rotatable bonds is 8. The molecule has 140 valence electrons. The molecule has 0 aliphatic carbocycles. The Bertz CT molecular complexity index is 706. The fraction of sp³-hybridized carbons (Fsp3) is 0.500. The average Bonchev–Trinajstić information content (AvgIpc) is 3.02. The number of furan rings is 1. The summed E-state index contributed by atoms with van der Waals surface area (Å²) in [7, 11) is 4.07. The highest BCUT2D eigenvalue weighted by atomic mass is 16.3. The average molecular weight is 354 g/mol. The molecule has 3 rings (SSSR count). The second kappa shape index (κ2) is 9.04. The van der Waals surface area contributed by atoms with Crippen LogP contribution in [0.15, 0.2) is 40.8 Å². The molecular formula is C22H30N2O2. The fourth-order valence-electron chi connectivity index (χ4n) is 3.58. The maximum Gasteiger partial charge on any atom is 0.222 e. The Morgan fingerprint density at radius 2 is 1.96 bits per heavy atom. The van der Waals surface area contributed by atoms with Gasteiger partial charge in [0.05, 0.1) is 6.54 Å². The lowest BCUT2D eigenvalue weighted by Crippen LogP contribution is -2.35. The van der Waals surface area contributed by atoms with Gasteiger partial charge in [0, 0.05) is 31.5 Å². The van der Waals surface area contributed by atoms with E-state index in [2.05, 4.69) is 41.3 Å². The molecule has 0 bridgehead atoms. The minimum absolute atomic E-state index is 0.283. The van der Waals surface area contributed by atoms with Crippen LogP contribution in [-0.4, -0.2) is 36.3 Å². The highest BCUT2D eigenvalue weighted by molar-refractivity contribution is 5.76. The van der Waals surface area contributed by atoms with Gasteiger partial charge in [-0.15, -0.1) is 0 Å². The number of unbranched alkanes of at least 4 members (excludes halogenated alkanes) is 2. The van der Waals surface area contributed by atoms with Crippen molar-refractivity contribution >= 4 is 5.91 Å². The molecule has 2 aromatic rings. The molecule has 0 spiro atoms. The minimum atomic E-state index is 0.283. The Morgan fingerprint density at radius 3 is 2.73 bits per heavy atom. The van der Waals surface area contributed by atoms with Crippen molar-refractivity contribution in [1.29, 1.82) is 0 Å². The molecule has 0 atom stereocenters. The normalized spacial score (nSPS) is 13.9. The molecule has 1 amide bonds. The Kier molecular flexibility index (Phi) is 6.51. The van der Waals surface area contributed by atoms with E-state index in [4.69, 9.17) is 4.42 Å². The van der Waals surface area contributed by atoms with Gasteiger partial charge in [0.25, 0.3) is 0 Å². The number of aryl methyl sites for hydroxylation is 1. The second-order valence-corrected chi connectivity index (χ2v) is 7.51. The van der Waals surface area contributed by atoms with E-state index >= 15 is 0 Å². The van der Waals surface area contributed by atoms with Gasteiger partial charge < -0.3 is 14.2 Å². The Balaban J connectivity index is 1.39. The zero-order chi connectivity index (χ0) is 18.4. The number of carbonyl (C=O) groups excluding carboxylic acids is 1. The molecule has 0 saturated heterocycles. The van der Waals surface area contributed by atoms with Gasteiger partial charge >= 0.3 is 0 Å². The van der Waals surface area contributed by atoms with Crippen molar-refractivity contribution in [2.24, 2.45) is 0 Å². The van der Waals surface area contributed by atoms with Gasteiger partial charge in [-0.25, -0.2) is 0 Å². The first-order valence-corrected chi connectivity index (χ1v) is 9.68. The van der Waals surface area contributed by atoms with Crippen molar-refractivity contribution < 1.29 is 9.21 Å². The largest absolute Gasteiger partial charge is 0.464 e. The van der Waals surface area contributed by atoms with E-state index in [1.165, 1.54) is 11.1 Å². The number of hydrogen-bond acceptors (Lipinski definition) is 3. The molecule has 4 nitrogen and oxygen atoms in total. The van der Waals surface area contributed by atoms with Crippen LogP contribution in [-0.2, 0) is 30.7 Å². The predicted molar refractivity (Wildman–Crippen MR) is 104 cm³/mol. The molecule has 1 aromatic heterocycles. The monoisotopic (exact) mass is 354 g/mol. The first kappa shape index (κ1) is 18.7. The van der Waals surface area contributed by atoms with Gasteiger partial charge in [-0.1, -0.05) is 36.8 Å². The van der Waals surface area contributed by atoms with Crippen LogP contribution in [0, 0.1) is 0 Å². The number of nitrogens with zero attached hydrogens (tertiary/aromatic N) is 2. The van der Waals surface area contributed by atoms with E-state index in [1.54, 1.807) is 0 Å². The van der Waals surface area contributed by atoms with Crippen LogP contribution in [0.25, 0.3) is 0 Å². The van der Waals surface area contributed by atoms with Crippen LogP contribution in [0.2, 0.25) is 0 Å². The first-order chi connectivity index (χ1) is 12.6. The van der Waals surface area contributed by atoms with E-state index in [9.17, 15) is 4.79 Å². The van der Waals surface area contributed by atoms with Crippen LogP contribution in [0.1, 0.15) is 48.3 Å². The third-order valence-corrected chi connectivity index (χ3v) is 4.94. The lowest BCUT2D eigenvalue weighted by Gasteiger charge is -2.26. The lowest BCUT2D eigenvalue weighted by atomic mass is 10.0. The molecule has 1 aliphatic heterocycles. The van der Waals surface area contributed by atoms with E-state index in [0.717, 1.165) is 56.7 Å². The molecule has 1 aliphatic rings. The van der Waals surface area contributed by atoms with Crippen LogP contribution >= 0.6 is 0 Å². The maximum absolute atomic E-state index is 12.5. The zero-order valence-electron chi connectivity index (χ0n) is 16.0. The topological polar surface area (TPSA) is 36.7 Å². The van der Waals surface area contributed by atoms with Crippen molar-refractivity contribution in [3.05, 3.63) is 59.0 Å². The first-order valence-electron chi connectivity index (χ1n) is 9.68. The summed E-state index contributed by atoms with van der Waals surface area (Å²) in [5, 5.41) is 0. The van der Waals surface area contributed by atoms with Gasteiger partial charge in [0.15, 0.2) is 0 Å². The SMILES string of the molecule is CN(C)Cc1cc2c(o1)CCN(C(=O)CCCCCc1ccccc1)C2. The summed E-state index contributed by atoms with van der Waals surface area (Å²) in [5.74, 6) is 2.34. The number of carbonyl (C=O) groups is 1. The highest BCUT2D eigenvalue weighted by Gasteiger charge is 2.23. The predicted octanol–water partition coefficient (Wildman–Crippen LogP) is 4.03. The molecule has 4 heteroatoms. The molecule has 0 radical (unpaired) electrons. The smallest absolute Gasteiger partial charge is 0.222 e. The van der Waals surface area contributed by atoms with Gasteiger partial charge in [-0.2, -0.15) is 0 Å². The van der Waals surface area contributed by atoms with E-state index < -0.39 is 0 Å². The van der Waals surface area contributed by atoms with Crippen molar-refractivity contribution in [3.63, 3.8) is 0 Å². The highest BCUT2D eigenvalue weighted by Crippen LogP contribution is 2.24. The summed E-state index contributed by atoms with van der Waals surface area (Å²) in [5.41, 5.74) is 2.57. The summed E-state index contributed by atoms with van der Waals surface area (Å²) in [6.45, 7) is 2.29. The number of hydrogen-bond donors (Lipinski definition) is 0. The van der Waals surface area contributed by atoms with Crippen molar-refractivity contribution in [3.8, 4) is 0 Å². The van der Waals surface area contributed by atoms with E-state index in [0.29, 0.717) is 13.0 Å². The van der Waals surface area contributed by atoms with Crippen molar-refractivity contribution in [2.75, 3.05) is 20.6 Å². The molecule has 0 fully saturated rings.